The van der Waals surface area contributed by atoms with Gasteiger partial charge in [-0.25, -0.2) is 0 Å². The van der Waals surface area contributed by atoms with E-state index in [1.54, 1.807) is 7.11 Å². The van der Waals surface area contributed by atoms with Gasteiger partial charge in [-0.15, -0.1) is 0 Å². The molecule has 1 unspecified atom stereocenters. The molecule has 0 amide bonds. The maximum atomic E-state index is 10.9. The van der Waals surface area contributed by atoms with E-state index in [1.165, 1.54) is 0 Å². The Morgan fingerprint density at radius 3 is 2.78 bits per heavy atom. The monoisotopic (exact) mass is 319 g/mol. The predicted octanol–water partition coefficient (Wildman–Crippen LogP) is 0.902. The standard InChI is InChI=1S/C17H21NO5/c1-21-16-9-6-12-13(23-8-22-12)7-10(9)17-4-5-18(16)14(17)3-2-11(19)15(17)20/h6-7,11,14-16,19-20H,2-5,8H2,1H3/t11-,14+,15+,16-,17-/m0/s1. The first-order valence-corrected chi connectivity index (χ1v) is 8.25. The fourth-order valence-corrected chi connectivity index (χ4v) is 5.29. The highest BCUT2D eigenvalue weighted by Gasteiger charge is 2.62. The van der Waals surface area contributed by atoms with Crippen molar-refractivity contribution in [2.75, 3.05) is 20.4 Å². The SMILES string of the molecule is CO[C@H]1c2cc3c(cc2[C@@]24CCN1[C@@H]2CC[C@H](O)[C@H]4O)OCO3. The molecule has 1 aromatic rings. The van der Waals surface area contributed by atoms with E-state index in [9.17, 15) is 10.2 Å². The molecule has 4 aliphatic rings. The van der Waals surface area contributed by atoms with Crippen LogP contribution in [0.5, 0.6) is 11.5 Å². The number of fused-ring (bicyclic) bond motifs is 2. The highest BCUT2D eigenvalue weighted by atomic mass is 16.7. The average molecular weight is 319 g/mol. The molecular weight excluding hydrogens is 298 g/mol. The second kappa shape index (κ2) is 4.60. The molecule has 0 radical (unpaired) electrons. The zero-order valence-electron chi connectivity index (χ0n) is 13.1. The van der Waals surface area contributed by atoms with Gasteiger partial charge in [-0.05, 0) is 37.0 Å². The minimum absolute atomic E-state index is 0.137. The molecule has 6 nitrogen and oxygen atoms in total. The van der Waals surface area contributed by atoms with Crippen LogP contribution in [0.1, 0.15) is 36.6 Å². The van der Waals surface area contributed by atoms with Gasteiger partial charge in [-0.3, -0.25) is 4.90 Å². The number of aliphatic hydroxyl groups is 2. The molecule has 2 N–H and O–H groups in total. The van der Waals surface area contributed by atoms with E-state index in [-0.39, 0.29) is 19.1 Å². The Bertz CT molecular complexity index is 665. The lowest BCUT2D eigenvalue weighted by Gasteiger charge is -2.53. The summed E-state index contributed by atoms with van der Waals surface area (Å²) in [7, 11) is 1.72. The van der Waals surface area contributed by atoms with Crippen molar-refractivity contribution >= 4 is 0 Å². The van der Waals surface area contributed by atoms with Crippen LogP contribution in [0.25, 0.3) is 0 Å². The molecule has 2 bridgehead atoms. The normalized spacial score (nSPS) is 43.2. The van der Waals surface area contributed by atoms with Crippen LogP contribution in [-0.2, 0) is 10.2 Å². The molecule has 124 valence electrons. The second-order valence-electron chi connectivity index (χ2n) is 7.01. The van der Waals surface area contributed by atoms with Gasteiger partial charge < -0.3 is 24.4 Å². The summed E-state index contributed by atoms with van der Waals surface area (Å²) in [5, 5.41) is 21.2. The zero-order valence-corrected chi connectivity index (χ0v) is 13.1. The van der Waals surface area contributed by atoms with Crippen LogP contribution < -0.4 is 9.47 Å². The first-order chi connectivity index (χ1) is 11.2. The van der Waals surface area contributed by atoms with Crippen LogP contribution in [0.3, 0.4) is 0 Å². The van der Waals surface area contributed by atoms with Crippen LogP contribution in [0.2, 0.25) is 0 Å². The Labute approximate surface area is 134 Å². The summed E-state index contributed by atoms with van der Waals surface area (Å²) in [4.78, 5) is 2.33. The maximum absolute atomic E-state index is 10.9. The lowest BCUT2D eigenvalue weighted by molar-refractivity contribution is -0.119. The maximum Gasteiger partial charge on any atom is 0.231 e. The van der Waals surface area contributed by atoms with Gasteiger partial charge in [0.1, 0.15) is 6.23 Å². The highest BCUT2D eigenvalue weighted by Crippen LogP contribution is 2.58. The van der Waals surface area contributed by atoms with Crippen molar-refractivity contribution in [2.24, 2.45) is 0 Å². The van der Waals surface area contributed by atoms with Crippen molar-refractivity contribution in [3.63, 3.8) is 0 Å². The summed E-state index contributed by atoms with van der Waals surface area (Å²) in [6, 6.07) is 4.18. The predicted molar refractivity (Wildman–Crippen MR) is 80.4 cm³/mol. The molecule has 6 atom stereocenters. The highest BCUT2D eigenvalue weighted by molar-refractivity contribution is 5.55. The molecule has 0 aromatic heterocycles. The number of rotatable bonds is 1. The Hall–Kier alpha value is -1.34. The summed E-state index contributed by atoms with van der Waals surface area (Å²) in [5.41, 5.74) is 1.64. The van der Waals surface area contributed by atoms with Crippen LogP contribution in [-0.4, -0.2) is 53.8 Å². The molecule has 1 aromatic carbocycles. The third kappa shape index (κ3) is 1.57. The van der Waals surface area contributed by atoms with Gasteiger partial charge in [0.15, 0.2) is 11.5 Å². The average Bonchev–Trinajstić information content (AvgIpc) is 3.13. The number of hydrogen-bond donors (Lipinski definition) is 2. The van der Waals surface area contributed by atoms with Crippen LogP contribution in [0.15, 0.2) is 12.1 Å². The first kappa shape index (κ1) is 14.0. The minimum Gasteiger partial charge on any atom is -0.454 e. The molecule has 23 heavy (non-hydrogen) atoms. The quantitative estimate of drug-likeness (QED) is 0.801. The van der Waals surface area contributed by atoms with E-state index in [0.29, 0.717) is 6.42 Å². The van der Waals surface area contributed by atoms with Crippen molar-refractivity contribution in [1.82, 2.24) is 4.90 Å². The first-order valence-electron chi connectivity index (χ1n) is 8.25. The van der Waals surface area contributed by atoms with Gasteiger partial charge in [0, 0.05) is 30.7 Å². The number of methoxy groups -OCH3 is 1. The molecule has 1 saturated carbocycles. The van der Waals surface area contributed by atoms with Crippen molar-refractivity contribution in [2.45, 2.75) is 49.2 Å². The summed E-state index contributed by atoms with van der Waals surface area (Å²) in [5.74, 6) is 1.45. The van der Waals surface area contributed by atoms with Crippen LogP contribution in [0.4, 0.5) is 0 Å². The van der Waals surface area contributed by atoms with Gasteiger partial charge in [0.2, 0.25) is 6.79 Å². The number of hydrogen-bond acceptors (Lipinski definition) is 6. The van der Waals surface area contributed by atoms with Crippen molar-refractivity contribution in [3.8, 4) is 11.5 Å². The Morgan fingerprint density at radius 2 is 2.00 bits per heavy atom. The molecule has 2 fully saturated rings. The van der Waals surface area contributed by atoms with Crippen molar-refractivity contribution < 1.29 is 24.4 Å². The fourth-order valence-electron chi connectivity index (χ4n) is 5.29. The number of nitrogens with zero attached hydrogens (tertiary/aromatic N) is 1. The number of aliphatic hydroxyl groups excluding tert-OH is 2. The van der Waals surface area contributed by atoms with Crippen LogP contribution >= 0.6 is 0 Å². The third-order valence-electron chi connectivity index (χ3n) is 6.24. The van der Waals surface area contributed by atoms with E-state index in [1.807, 2.05) is 12.1 Å². The van der Waals surface area contributed by atoms with Crippen molar-refractivity contribution in [3.05, 3.63) is 23.3 Å². The Kier molecular flexibility index (Phi) is 2.81. The fraction of sp³-hybridized carbons (Fsp3) is 0.647. The summed E-state index contributed by atoms with van der Waals surface area (Å²) >= 11 is 0. The molecule has 3 aliphatic heterocycles. The molecular formula is C17H21NO5. The Morgan fingerprint density at radius 1 is 1.22 bits per heavy atom. The smallest absolute Gasteiger partial charge is 0.231 e. The number of ether oxygens (including phenoxy) is 3. The van der Waals surface area contributed by atoms with E-state index in [2.05, 4.69) is 4.90 Å². The van der Waals surface area contributed by atoms with Crippen LogP contribution in [0, 0.1) is 0 Å². The topological polar surface area (TPSA) is 71.4 Å². The number of benzene rings is 1. The van der Waals surface area contributed by atoms with Gasteiger partial charge in [0.25, 0.3) is 0 Å². The van der Waals surface area contributed by atoms with Crippen molar-refractivity contribution in [1.29, 1.82) is 0 Å². The lowest BCUT2D eigenvalue weighted by Crippen LogP contribution is -2.61. The molecule has 0 spiro atoms. The van der Waals surface area contributed by atoms with Gasteiger partial charge in [0.05, 0.1) is 12.2 Å². The summed E-state index contributed by atoms with van der Waals surface area (Å²) < 4.78 is 16.9. The lowest BCUT2D eigenvalue weighted by atomic mass is 9.61. The van der Waals surface area contributed by atoms with Gasteiger partial charge in [-0.2, -0.15) is 0 Å². The van der Waals surface area contributed by atoms with Gasteiger partial charge >= 0.3 is 0 Å². The zero-order chi connectivity index (χ0) is 15.8. The molecule has 1 aliphatic carbocycles. The van der Waals surface area contributed by atoms with E-state index in [0.717, 1.165) is 42.0 Å². The molecule has 6 heteroatoms. The second-order valence-corrected chi connectivity index (χ2v) is 7.01. The third-order valence-corrected chi connectivity index (χ3v) is 6.24. The molecule has 1 saturated heterocycles. The van der Waals surface area contributed by atoms with E-state index >= 15 is 0 Å². The summed E-state index contributed by atoms with van der Waals surface area (Å²) in [6.07, 6.45) is 0.740. The largest absolute Gasteiger partial charge is 0.454 e. The Balaban J connectivity index is 1.76. The summed E-state index contributed by atoms with van der Waals surface area (Å²) in [6.45, 7) is 1.08. The molecule has 3 heterocycles. The van der Waals surface area contributed by atoms with Gasteiger partial charge in [-0.1, -0.05) is 0 Å². The van der Waals surface area contributed by atoms with E-state index < -0.39 is 17.6 Å². The molecule has 5 rings (SSSR count). The van der Waals surface area contributed by atoms with E-state index in [4.69, 9.17) is 14.2 Å². The minimum atomic E-state index is -0.761.